The molecule has 1 aromatic rings. The summed E-state index contributed by atoms with van der Waals surface area (Å²) in [4.78, 5) is 2.45. The van der Waals surface area contributed by atoms with Crippen molar-refractivity contribution in [2.45, 2.75) is 51.4 Å². The normalized spacial score (nSPS) is 19.4. The molecule has 3 heteroatoms. The van der Waals surface area contributed by atoms with Crippen LogP contribution in [-0.2, 0) is 6.42 Å². The van der Waals surface area contributed by atoms with Gasteiger partial charge in [-0.1, -0.05) is 19.8 Å². The third kappa shape index (κ3) is 2.29. The van der Waals surface area contributed by atoms with Gasteiger partial charge in [0.2, 0.25) is 0 Å². The van der Waals surface area contributed by atoms with Gasteiger partial charge in [-0.25, -0.2) is 0 Å². The van der Waals surface area contributed by atoms with Gasteiger partial charge in [0.15, 0.2) is 0 Å². The second-order valence-corrected chi connectivity index (χ2v) is 5.77. The van der Waals surface area contributed by atoms with E-state index in [1.165, 1.54) is 49.0 Å². The average molecular weight is 236 g/mol. The molecule has 0 saturated heterocycles. The van der Waals surface area contributed by atoms with E-state index in [-0.39, 0.29) is 5.84 Å². The van der Waals surface area contributed by atoms with Crippen molar-refractivity contribution in [3.8, 4) is 0 Å². The van der Waals surface area contributed by atoms with Gasteiger partial charge in [-0.2, -0.15) is 0 Å². The highest BCUT2D eigenvalue weighted by atomic mass is 32.1. The molecular formula is C13H20N2S. The van der Waals surface area contributed by atoms with Crippen LogP contribution < -0.4 is 5.73 Å². The first-order valence-corrected chi connectivity index (χ1v) is 7.01. The summed E-state index contributed by atoms with van der Waals surface area (Å²) in [5, 5.41) is 7.51. The number of aryl methyl sites for hydroxylation is 1. The first kappa shape index (κ1) is 11.6. The van der Waals surface area contributed by atoms with Gasteiger partial charge in [0.05, 0.1) is 4.88 Å². The molecule has 0 spiro atoms. The van der Waals surface area contributed by atoms with Crippen molar-refractivity contribution in [2.75, 3.05) is 0 Å². The molecule has 0 saturated carbocycles. The van der Waals surface area contributed by atoms with E-state index in [0.29, 0.717) is 0 Å². The third-order valence-electron chi connectivity index (χ3n) is 3.41. The van der Waals surface area contributed by atoms with E-state index in [2.05, 4.69) is 13.0 Å². The number of nitrogens with one attached hydrogen (secondary N) is 1. The molecule has 0 aliphatic heterocycles. The minimum atomic E-state index is 0.230. The number of thiophene rings is 1. The van der Waals surface area contributed by atoms with E-state index in [9.17, 15) is 0 Å². The van der Waals surface area contributed by atoms with Gasteiger partial charge in [-0.05, 0) is 43.2 Å². The molecule has 0 amide bonds. The van der Waals surface area contributed by atoms with Crippen molar-refractivity contribution >= 4 is 17.2 Å². The zero-order chi connectivity index (χ0) is 11.5. The summed E-state index contributed by atoms with van der Waals surface area (Å²) in [6.07, 6.45) is 7.71. The van der Waals surface area contributed by atoms with E-state index in [4.69, 9.17) is 11.1 Å². The Kier molecular flexibility index (Phi) is 3.64. The number of hydrogen-bond donors (Lipinski definition) is 2. The van der Waals surface area contributed by atoms with Crippen molar-refractivity contribution in [2.24, 2.45) is 5.73 Å². The standard InChI is InChI=1S/C13H20N2S/c1-2-3-5-9-6-4-7-11-10(9)8-12(16-11)13(14)15/h8-9H,2-7H2,1H3,(H3,14,15). The molecule has 1 heterocycles. The first-order chi connectivity index (χ1) is 7.72. The molecular weight excluding hydrogens is 216 g/mol. The van der Waals surface area contributed by atoms with Gasteiger partial charge < -0.3 is 5.73 Å². The lowest BCUT2D eigenvalue weighted by Gasteiger charge is -2.22. The molecule has 1 atom stereocenters. The Bertz CT molecular complexity index is 381. The van der Waals surface area contributed by atoms with Crippen LogP contribution in [0.4, 0.5) is 0 Å². The van der Waals surface area contributed by atoms with E-state index in [0.717, 1.165) is 10.8 Å². The van der Waals surface area contributed by atoms with Crippen LogP contribution in [0.5, 0.6) is 0 Å². The fourth-order valence-electron chi connectivity index (χ4n) is 2.53. The highest BCUT2D eigenvalue weighted by Crippen LogP contribution is 2.39. The van der Waals surface area contributed by atoms with Gasteiger partial charge in [-0.15, -0.1) is 11.3 Å². The highest BCUT2D eigenvalue weighted by Gasteiger charge is 2.22. The summed E-state index contributed by atoms with van der Waals surface area (Å²) in [6.45, 7) is 2.25. The predicted molar refractivity (Wildman–Crippen MR) is 70.5 cm³/mol. The predicted octanol–water partition coefficient (Wildman–Crippen LogP) is 3.64. The lowest BCUT2D eigenvalue weighted by molar-refractivity contribution is 0.506. The number of nitrogen functional groups attached to an aromatic ring is 1. The van der Waals surface area contributed by atoms with E-state index >= 15 is 0 Å². The van der Waals surface area contributed by atoms with Crippen molar-refractivity contribution in [3.05, 3.63) is 21.4 Å². The minimum absolute atomic E-state index is 0.230. The van der Waals surface area contributed by atoms with E-state index in [1.807, 2.05) is 0 Å². The molecule has 88 valence electrons. The average Bonchev–Trinajstić information content (AvgIpc) is 2.70. The summed E-state index contributed by atoms with van der Waals surface area (Å²) < 4.78 is 0. The Morgan fingerprint density at radius 1 is 1.62 bits per heavy atom. The highest BCUT2D eigenvalue weighted by molar-refractivity contribution is 7.14. The summed E-state index contributed by atoms with van der Waals surface area (Å²) in [5.41, 5.74) is 7.06. The molecule has 0 fully saturated rings. The Labute approximate surface area is 101 Å². The molecule has 1 aromatic heterocycles. The molecule has 2 nitrogen and oxygen atoms in total. The monoisotopic (exact) mass is 236 g/mol. The van der Waals surface area contributed by atoms with Crippen LogP contribution in [0, 0.1) is 5.41 Å². The van der Waals surface area contributed by atoms with Crippen molar-refractivity contribution in [3.63, 3.8) is 0 Å². The van der Waals surface area contributed by atoms with Gasteiger partial charge in [0.25, 0.3) is 0 Å². The van der Waals surface area contributed by atoms with Gasteiger partial charge >= 0.3 is 0 Å². The molecule has 1 aliphatic rings. The second kappa shape index (κ2) is 5.00. The Hall–Kier alpha value is -0.830. The van der Waals surface area contributed by atoms with Crippen LogP contribution in [0.3, 0.4) is 0 Å². The van der Waals surface area contributed by atoms with Crippen molar-refractivity contribution < 1.29 is 0 Å². The van der Waals surface area contributed by atoms with Gasteiger partial charge in [0.1, 0.15) is 5.84 Å². The molecule has 1 aliphatic carbocycles. The number of unbranched alkanes of at least 4 members (excludes halogenated alkanes) is 1. The van der Waals surface area contributed by atoms with Crippen LogP contribution in [-0.4, -0.2) is 5.84 Å². The summed E-state index contributed by atoms with van der Waals surface area (Å²) in [6, 6.07) is 2.17. The van der Waals surface area contributed by atoms with Crippen LogP contribution in [0.25, 0.3) is 0 Å². The van der Waals surface area contributed by atoms with Crippen molar-refractivity contribution in [1.29, 1.82) is 5.41 Å². The number of hydrogen-bond acceptors (Lipinski definition) is 2. The fraction of sp³-hybridized carbons (Fsp3) is 0.615. The first-order valence-electron chi connectivity index (χ1n) is 6.19. The molecule has 0 radical (unpaired) electrons. The SMILES string of the molecule is CCCCC1CCCc2sc(C(=N)N)cc21. The largest absolute Gasteiger partial charge is 0.383 e. The zero-order valence-electron chi connectivity index (χ0n) is 9.88. The summed E-state index contributed by atoms with van der Waals surface area (Å²) in [5.74, 6) is 0.960. The number of fused-ring (bicyclic) bond motifs is 1. The lowest BCUT2D eigenvalue weighted by Crippen LogP contribution is -2.09. The van der Waals surface area contributed by atoms with Crippen LogP contribution >= 0.6 is 11.3 Å². The maximum Gasteiger partial charge on any atom is 0.133 e. The number of amidine groups is 1. The molecule has 0 aromatic carbocycles. The summed E-state index contributed by atoms with van der Waals surface area (Å²) in [7, 11) is 0. The third-order valence-corrected chi connectivity index (χ3v) is 4.65. The molecule has 16 heavy (non-hydrogen) atoms. The fourth-order valence-corrected chi connectivity index (χ4v) is 3.68. The second-order valence-electron chi connectivity index (χ2n) is 4.63. The van der Waals surface area contributed by atoms with Crippen LogP contribution in [0.15, 0.2) is 6.07 Å². The van der Waals surface area contributed by atoms with Crippen molar-refractivity contribution in [1.82, 2.24) is 0 Å². The number of nitrogens with two attached hydrogens (primary N) is 1. The van der Waals surface area contributed by atoms with Gasteiger partial charge in [-0.3, -0.25) is 5.41 Å². The Morgan fingerprint density at radius 2 is 2.44 bits per heavy atom. The molecule has 0 bridgehead atoms. The zero-order valence-corrected chi connectivity index (χ0v) is 10.7. The maximum atomic E-state index is 7.51. The lowest BCUT2D eigenvalue weighted by atomic mass is 9.84. The molecule has 2 rings (SSSR count). The topological polar surface area (TPSA) is 49.9 Å². The maximum absolute atomic E-state index is 7.51. The van der Waals surface area contributed by atoms with E-state index < -0.39 is 0 Å². The van der Waals surface area contributed by atoms with Crippen LogP contribution in [0.2, 0.25) is 0 Å². The summed E-state index contributed by atoms with van der Waals surface area (Å²) >= 11 is 1.73. The van der Waals surface area contributed by atoms with Crippen LogP contribution in [0.1, 0.15) is 60.3 Å². The molecule has 1 unspecified atom stereocenters. The number of rotatable bonds is 4. The Balaban J connectivity index is 2.20. The quantitative estimate of drug-likeness (QED) is 0.608. The Morgan fingerprint density at radius 3 is 3.12 bits per heavy atom. The minimum Gasteiger partial charge on any atom is -0.383 e. The van der Waals surface area contributed by atoms with Gasteiger partial charge in [0, 0.05) is 4.88 Å². The van der Waals surface area contributed by atoms with E-state index in [1.54, 1.807) is 11.3 Å². The smallest absolute Gasteiger partial charge is 0.133 e. The molecule has 3 N–H and O–H groups in total.